The highest BCUT2D eigenvalue weighted by Gasteiger charge is 2.24. The number of rotatable bonds is 8. The van der Waals surface area contributed by atoms with Gasteiger partial charge < -0.3 is 10.1 Å². The normalized spacial score (nSPS) is 15.0. The van der Waals surface area contributed by atoms with Gasteiger partial charge in [0.15, 0.2) is 0 Å². The number of nitrogens with zero attached hydrogens (tertiary/aromatic N) is 2. The first-order chi connectivity index (χ1) is 14.3. The Morgan fingerprint density at radius 3 is 2.67 bits per heavy atom. The summed E-state index contributed by atoms with van der Waals surface area (Å²) in [6.45, 7) is 3.90. The first-order valence-corrected chi connectivity index (χ1v) is 11.7. The number of carbonyl (C=O) groups is 1. The molecule has 0 unspecified atom stereocenters. The van der Waals surface area contributed by atoms with E-state index in [1.54, 1.807) is 32.2 Å². The van der Waals surface area contributed by atoms with Gasteiger partial charge >= 0.3 is 0 Å². The predicted molar refractivity (Wildman–Crippen MR) is 115 cm³/mol. The van der Waals surface area contributed by atoms with E-state index >= 15 is 0 Å². The van der Waals surface area contributed by atoms with Crippen LogP contribution in [0.5, 0.6) is 5.88 Å². The molecular weight excluding hydrogens is 402 g/mol. The molecule has 1 N–H and O–H groups in total. The quantitative estimate of drug-likeness (QED) is 0.692. The summed E-state index contributed by atoms with van der Waals surface area (Å²) < 4.78 is 32.6. The average molecular weight is 432 g/mol. The van der Waals surface area contributed by atoms with E-state index in [-0.39, 0.29) is 22.9 Å². The number of aromatic nitrogens is 1. The zero-order chi connectivity index (χ0) is 21.7. The van der Waals surface area contributed by atoms with Gasteiger partial charge in [0, 0.05) is 37.5 Å². The van der Waals surface area contributed by atoms with Gasteiger partial charge in [-0.05, 0) is 69.4 Å². The van der Waals surface area contributed by atoms with Crippen LogP contribution in [0.3, 0.4) is 0 Å². The SMILES string of the molecule is CC(C)N(C)S(=O)(=O)c1cccc(C(=O)NCc2ccnc(OC3CCCC3)c2)c1. The Hall–Kier alpha value is -2.45. The molecule has 3 rings (SSSR count). The molecule has 0 spiro atoms. The summed E-state index contributed by atoms with van der Waals surface area (Å²) in [7, 11) is -2.12. The fourth-order valence-corrected chi connectivity index (χ4v) is 4.74. The lowest BCUT2D eigenvalue weighted by molar-refractivity contribution is 0.0950. The highest BCUT2D eigenvalue weighted by molar-refractivity contribution is 7.89. The van der Waals surface area contributed by atoms with E-state index in [0.29, 0.717) is 18.0 Å². The third kappa shape index (κ3) is 5.37. The van der Waals surface area contributed by atoms with E-state index in [4.69, 9.17) is 4.74 Å². The van der Waals surface area contributed by atoms with Crippen molar-refractivity contribution in [2.75, 3.05) is 7.05 Å². The average Bonchev–Trinajstić information content (AvgIpc) is 3.24. The number of nitrogens with one attached hydrogen (secondary N) is 1. The lowest BCUT2D eigenvalue weighted by Gasteiger charge is -2.21. The monoisotopic (exact) mass is 431 g/mol. The molecular formula is C22H29N3O4S. The Kier molecular flexibility index (Phi) is 7.10. The minimum Gasteiger partial charge on any atom is -0.474 e. The maximum absolute atomic E-state index is 12.7. The molecule has 1 aromatic carbocycles. The molecule has 0 aliphatic heterocycles. The maximum Gasteiger partial charge on any atom is 0.251 e. The first-order valence-electron chi connectivity index (χ1n) is 10.3. The van der Waals surface area contributed by atoms with Crippen LogP contribution >= 0.6 is 0 Å². The minimum atomic E-state index is -3.65. The predicted octanol–water partition coefficient (Wildman–Crippen LogP) is 3.36. The van der Waals surface area contributed by atoms with Crippen LogP contribution in [0.2, 0.25) is 0 Å². The molecule has 1 aromatic heterocycles. The third-order valence-electron chi connectivity index (χ3n) is 5.34. The largest absolute Gasteiger partial charge is 0.474 e. The number of hydrogen-bond acceptors (Lipinski definition) is 5. The Balaban J connectivity index is 1.65. The number of ether oxygens (including phenoxy) is 1. The van der Waals surface area contributed by atoms with Gasteiger partial charge in [-0.1, -0.05) is 6.07 Å². The number of hydrogen-bond donors (Lipinski definition) is 1. The standard InChI is InChI=1S/C22H29N3O4S/c1-16(2)25(3)30(27,28)20-10-6-7-18(14-20)22(26)24-15-17-11-12-23-21(13-17)29-19-8-4-5-9-19/h6-7,10-14,16,19H,4-5,8-9,15H2,1-3H3,(H,24,26). The zero-order valence-electron chi connectivity index (χ0n) is 17.7. The maximum atomic E-state index is 12.7. The molecule has 0 atom stereocenters. The molecule has 2 aromatic rings. The van der Waals surface area contributed by atoms with Gasteiger partial charge in [0.05, 0.1) is 4.90 Å². The first kappa shape index (κ1) is 22.2. The van der Waals surface area contributed by atoms with Crippen molar-refractivity contribution in [1.82, 2.24) is 14.6 Å². The molecule has 1 amide bonds. The van der Waals surface area contributed by atoms with Crippen molar-refractivity contribution in [1.29, 1.82) is 0 Å². The van der Waals surface area contributed by atoms with Crippen LogP contribution in [0, 0.1) is 0 Å². The van der Waals surface area contributed by atoms with Crippen LogP contribution in [0.4, 0.5) is 0 Å². The second kappa shape index (κ2) is 9.57. The molecule has 7 nitrogen and oxygen atoms in total. The van der Waals surface area contributed by atoms with Gasteiger partial charge in [-0.15, -0.1) is 0 Å². The third-order valence-corrected chi connectivity index (χ3v) is 7.37. The van der Waals surface area contributed by atoms with Crippen LogP contribution in [0.1, 0.15) is 55.5 Å². The van der Waals surface area contributed by atoms with E-state index in [1.807, 2.05) is 12.1 Å². The van der Waals surface area contributed by atoms with Crippen molar-refractivity contribution < 1.29 is 17.9 Å². The molecule has 1 aliphatic carbocycles. The number of benzene rings is 1. The molecule has 1 saturated carbocycles. The van der Waals surface area contributed by atoms with Crippen LogP contribution < -0.4 is 10.1 Å². The Morgan fingerprint density at radius 1 is 1.23 bits per heavy atom. The lowest BCUT2D eigenvalue weighted by atomic mass is 10.2. The highest BCUT2D eigenvalue weighted by Crippen LogP contribution is 2.23. The Labute approximate surface area is 178 Å². The summed E-state index contributed by atoms with van der Waals surface area (Å²) in [5.41, 5.74) is 1.17. The van der Waals surface area contributed by atoms with Gasteiger partial charge in [-0.25, -0.2) is 13.4 Å². The summed E-state index contributed by atoms with van der Waals surface area (Å²) in [6.07, 6.45) is 6.35. The molecule has 1 aliphatic rings. The number of pyridine rings is 1. The van der Waals surface area contributed by atoms with Gasteiger partial charge in [0.25, 0.3) is 5.91 Å². The summed E-state index contributed by atoms with van der Waals surface area (Å²) in [5, 5.41) is 2.84. The van der Waals surface area contributed by atoms with Crippen molar-refractivity contribution in [3.63, 3.8) is 0 Å². The van der Waals surface area contributed by atoms with Crippen molar-refractivity contribution >= 4 is 15.9 Å². The summed E-state index contributed by atoms with van der Waals surface area (Å²) in [6, 6.07) is 9.56. The fourth-order valence-electron chi connectivity index (χ4n) is 3.33. The van der Waals surface area contributed by atoms with Crippen molar-refractivity contribution in [2.24, 2.45) is 0 Å². The van der Waals surface area contributed by atoms with Gasteiger partial charge in [0.1, 0.15) is 6.10 Å². The summed E-state index contributed by atoms with van der Waals surface area (Å²) >= 11 is 0. The van der Waals surface area contributed by atoms with E-state index in [9.17, 15) is 13.2 Å². The number of amides is 1. The molecule has 1 fully saturated rings. The second-order valence-corrected chi connectivity index (χ2v) is 9.85. The van der Waals surface area contributed by atoms with Crippen molar-refractivity contribution in [3.05, 3.63) is 53.7 Å². The summed E-state index contributed by atoms with van der Waals surface area (Å²) in [4.78, 5) is 16.9. The number of sulfonamides is 1. The zero-order valence-corrected chi connectivity index (χ0v) is 18.5. The van der Waals surface area contributed by atoms with Crippen molar-refractivity contribution in [2.45, 2.75) is 63.1 Å². The molecule has 30 heavy (non-hydrogen) atoms. The Bertz CT molecular complexity index is 985. The molecule has 0 saturated heterocycles. The highest BCUT2D eigenvalue weighted by atomic mass is 32.2. The van der Waals surface area contributed by atoms with E-state index < -0.39 is 10.0 Å². The molecule has 8 heteroatoms. The van der Waals surface area contributed by atoms with Crippen LogP contribution in [-0.4, -0.2) is 42.8 Å². The molecule has 0 bridgehead atoms. The van der Waals surface area contributed by atoms with Crippen LogP contribution in [0.15, 0.2) is 47.5 Å². The number of carbonyl (C=O) groups excluding carboxylic acids is 1. The van der Waals surface area contributed by atoms with Gasteiger partial charge in [0.2, 0.25) is 15.9 Å². The summed E-state index contributed by atoms with van der Waals surface area (Å²) in [5.74, 6) is 0.229. The molecule has 1 heterocycles. The lowest BCUT2D eigenvalue weighted by Crippen LogP contribution is -2.33. The minimum absolute atomic E-state index is 0.0995. The molecule has 0 radical (unpaired) electrons. The molecule has 162 valence electrons. The van der Waals surface area contributed by atoms with E-state index in [0.717, 1.165) is 18.4 Å². The van der Waals surface area contributed by atoms with Crippen molar-refractivity contribution in [3.8, 4) is 5.88 Å². The van der Waals surface area contributed by atoms with Crippen LogP contribution in [0.25, 0.3) is 0 Å². The van der Waals surface area contributed by atoms with Gasteiger partial charge in [-0.3, -0.25) is 4.79 Å². The topological polar surface area (TPSA) is 88.6 Å². The Morgan fingerprint density at radius 2 is 1.97 bits per heavy atom. The fraction of sp³-hybridized carbons (Fsp3) is 0.455. The van der Waals surface area contributed by atoms with Crippen LogP contribution in [-0.2, 0) is 16.6 Å². The second-order valence-electron chi connectivity index (χ2n) is 7.85. The van der Waals surface area contributed by atoms with Gasteiger partial charge in [-0.2, -0.15) is 4.31 Å². The van der Waals surface area contributed by atoms with E-state index in [2.05, 4.69) is 10.3 Å². The van der Waals surface area contributed by atoms with E-state index in [1.165, 1.54) is 36.3 Å². The smallest absolute Gasteiger partial charge is 0.251 e.